The quantitative estimate of drug-likeness (QED) is 0.848. The molecular weight excluding hydrogens is 200 g/mol. The van der Waals surface area contributed by atoms with Gasteiger partial charge in [-0.25, -0.2) is 0 Å². The highest BCUT2D eigenvalue weighted by Gasteiger charge is 2.24. The van der Waals surface area contributed by atoms with Crippen LogP contribution in [-0.4, -0.2) is 17.8 Å². The standard InChI is InChI=1S/C14H20O2/c1-10-8-11-9-12(4-5-13(11)16-10)14(2,3)6-7-15/h4-5,9-10,15H,6-8H2,1-3H3. The monoisotopic (exact) mass is 220 g/mol. The van der Waals surface area contributed by atoms with Crippen LogP contribution in [0.15, 0.2) is 18.2 Å². The molecule has 0 amide bonds. The minimum absolute atomic E-state index is 0.0373. The molecule has 0 spiro atoms. The first-order valence-electron chi connectivity index (χ1n) is 5.94. The zero-order chi connectivity index (χ0) is 11.8. The SMILES string of the molecule is CC1Cc2cc(C(C)(C)CCO)ccc2O1. The minimum Gasteiger partial charge on any atom is -0.490 e. The van der Waals surface area contributed by atoms with Crippen LogP contribution in [0.2, 0.25) is 0 Å². The van der Waals surface area contributed by atoms with Gasteiger partial charge >= 0.3 is 0 Å². The molecule has 0 aromatic heterocycles. The maximum absolute atomic E-state index is 9.07. The van der Waals surface area contributed by atoms with Crippen LogP contribution in [0.5, 0.6) is 5.75 Å². The van der Waals surface area contributed by atoms with Crippen LogP contribution in [0, 0.1) is 0 Å². The summed E-state index contributed by atoms with van der Waals surface area (Å²) in [7, 11) is 0. The van der Waals surface area contributed by atoms with Gasteiger partial charge in [0.2, 0.25) is 0 Å². The van der Waals surface area contributed by atoms with E-state index < -0.39 is 0 Å². The average Bonchev–Trinajstić information content (AvgIpc) is 2.56. The smallest absolute Gasteiger partial charge is 0.123 e. The van der Waals surface area contributed by atoms with Gasteiger partial charge in [0, 0.05) is 13.0 Å². The molecule has 0 saturated heterocycles. The van der Waals surface area contributed by atoms with Gasteiger partial charge in [-0.1, -0.05) is 26.0 Å². The average molecular weight is 220 g/mol. The number of aliphatic hydroxyl groups is 1. The molecule has 1 aliphatic heterocycles. The van der Waals surface area contributed by atoms with Crippen LogP contribution in [0.4, 0.5) is 0 Å². The lowest BCUT2D eigenvalue weighted by atomic mass is 9.81. The lowest BCUT2D eigenvalue weighted by Crippen LogP contribution is -2.18. The van der Waals surface area contributed by atoms with E-state index in [4.69, 9.17) is 9.84 Å². The van der Waals surface area contributed by atoms with Crippen molar-refractivity contribution in [2.75, 3.05) is 6.61 Å². The van der Waals surface area contributed by atoms with Crippen LogP contribution in [0.3, 0.4) is 0 Å². The molecule has 1 aromatic rings. The van der Waals surface area contributed by atoms with E-state index in [1.807, 2.05) is 0 Å². The first-order valence-corrected chi connectivity index (χ1v) is 5.94. The summed E-state index contributed by atoms with van der Waals surface area (Å²) in [6, 6.07) is 6.41. The molecule has 0 aliphatic carbocycles. The molecule has 1 atom stereocenters. The van der Waals surface area contributed by atoms with Crippen LogP contribution in [0.25, 0.3) is 0 Å². The summed E-state index contributed by atoms with van der Waals surface area (Å²) in [4.78, 5) is 0. The molecule has 2 rings (SSSR count). The summed E-state index contributed by atoms with van der Waals surface area (Å²) in [6.07, 6.45) is 2.09. The molecule has 88 valence electrons. The summed E-state index contributed by atoms with van der Waals surface area (Å²) in [5.74, 6) is 1.02. The number of ether oxygens (including phenoxy) is 1. The molecular formula is C14H20O2. The second-order valence-corrected chi connectivity index (χ2v) is 5.31. The maximum Gasteiger partial charge on any atom is 0.123 e. The highest BCUT2D eigenvalue weighted by atomic mass is 16.5. The number of benzene rings is 1. The Morgan fingerprint density at radius 3 is 2.88 bits per heavy atom. The number of fused-ring (bicyclic) bond motifs is 1. The summed E-state index contributed by atoms with van der Waals surface area (Å²) in [5, 5.41) is 9.07. The van der Waals surface area contributed by atoms with Crippen molar-refractivity contribution < 1.29 is 9.84 Å². The number of hydrogen-bond donors (Lipinski definition) is 1. The van der Waals surface area contributed by atoms with Crippen LogP contribution < -0.4 is 4.74 Å². The zero-order valence-electron chi connectivity index (χ0n) is 10.3. The largest absolute Gasteiger partial charge is 0.490 e. The fourth-order valence-corrected chi connectivity index (χ4v) is 2.27. The predicted molar refractivity (Wildman–Crippen MR) is 65.0 cm³/mol. The van der Waals surface area contributed by atoms with Crippen molar-refractivity contribution in [1.29, 1.82) is 0 Å². The molecule has 1 unspecified atom stereocenters. The third-order valence-corrected chi connectivity index (χ3v) is 3.41. The zero-order valence-corrected chi connectivity index (χ0v) is 10.3. The van der Waals surface area contributed by atoms with Crippen molar-refractivity contribution in [2.24, 2.45) is 0 Å². The van der Waals surface area contributed by atoms with Crippen molar-refractivity contribution in [3.8, 4) is 5.75 Å². The third kappa shape index (κ3) is 2.07. The van der Waals surface area contributed by atoms with Crippen molar-refractivity contribution in [1.82, 2.24) is 0 Å². The Morgan fingerprint density at radius 2 is 2.19 bits per heavy atom. The van der Waals surface area contributed by atoms with Gasteiger partial charge in [-0.05, 0) is 36.0 Å². The van der Waals surface area contributed by atoms with E-state index in [1.165, 1.54) is 11.1 Å². The number of rotatable bonds is 3. The van der Waals surface area contributed by atoms with Gasteiger partial charge < -0.3 is 9.84 Å². The molecule has 1 aliphatic rings. The van der Waals surface area contributed by atoms with E-state index in [0.29, 0.717) is 6.10 Å². The second kappa shape index (κ2) is 4.10. The highest BCUT2D eigenvalue weighted by Crippen LogP contribution is 2.34. The Kier molecular flexibility index (Phi) is 2.94. The van der Waals surface area contributed by atoms with E-state index >= 15 is 0 Å². The van der Waals surface area contributed by atoms with E-state index in [0.717, 1.165) is 18.6 Å². The molecule has 16 heavy (non-hydrogen) atoms. The summed E-state index contributed by atoms with van der Waals surface area (Å²) in [5.41, 5.74) is 2.63. The Hall–Kier alpha value is -1.02. The lowest BCUT2D eigenvalue weighted by Gasteiger charge is -2.24. The molecule has 1 aromatic carbocycles. The lowest BCUT2D eigenvalue weighted by molar-refractivity contribution is 0.252. The fourth-order valence-electron chi connectivity index (χ4n) is 2.27. The topological polar surface area (TPSA) is 29.5 Å². The predicted octanol–water partition coefficient (Wildman–Crippen LogP) is 2.67. The molecule has 1 N–H and O–H groups in total. The summed E-state index contributed by atoms with van der Waals surface area (Å²) in [6.45, 7) is 6.67. The first-order chi connectivity index (χ1) is 7.53. The first kappa shape index (κ1) is 11.5. The van der Waals surface area contributed by atoms with E-state index in [2.05, 4.69) is 39.0 Å². The fraction of sp³-hybridized carbons (Fsp3) is 0.571. The molecule has 0 bridgehead atoms. The van der Waals surface area contributed by atoms with Gasteiger partial charge in [-0.3, -0.25) is 0 Å². The molecule has 2 heteroatoms. The third-order valence-electron chi connectivity index (χ3n) is 3.41. The maximum atomic E-state index is 9.07. The van der Waals surface area contributed by atoms with Gasteiger partial charge in [0.05, 0.1) is 0 Å². The van der Waals surface area contributed by atoms with Gasteiger partial charge in [0.15, 0.2) is 0 Å². The molecule has 0 radical (unpaired) electrons. The normalized spacial score (nSPS) is 19.4. The Labute approximate surface area is 97.3 Å². The summed E-state index contributed by atoms with van der Waals surface area (Å²) >= 11 is 0. The van der Waals surface area contributed by atoms with Crippen LogP contribution in [-0.2, 0) is 11.8 Å². The second-order valence-electron chi connectivity index (χ2n) is 5.31. The number of hydrogen-bond acceptors (Lipinski definition) is 2. The molecule has 0 fully saturated rings. The van der Waals surface area contributed by atoms with E-state index in [1.54, 1.807) is 0 Å². The van der Waals surface area contributed by atoms with Crippen LogP contribution >= 0.6 is 0 Å². The minimum atomic E-state index is 0.0373. The molecule has 0 saturated carbocycles. The van der Waals surface area contributed by atoms with Gasteiger partial charge in [-0.15, -0.1) is 0 Å². The van der Waals surface area contributed by atoms with Gasteiger partial charge in [-0.2, -0.15) is 0 Å². The Balaban J connectivity index is 2.28. The Morgan fingerprint density at radius 1 is 1.44 bits per heavy atom. The molecule has 1 heterocycles. The number of aliphatic hydroxyl groups excluding tert-OH is 1. The van der Waals surface area contributed by atoms with Crippen LogP contribution in [0.1, 0.15) is 38.3 Å². The van der Waals surface area contributed by atoms with Crippen molar-refractivity contribution >= 4 is 0 Å². The Bertz CT molecular complexity index is 382. The van der Waals surface area contributed by atoms with E-state index in [-0.39, 0.29) is 12.0 Å². The van der Waals surface area contributed by atoms with Gasteiger partial charge in [0.1, 0.15) is 11.9 Å². The van der Waals surface area contributed by atoms with E-state index in [9.17, 15) is 0 Å². The molecule has 2 nitrogen and oxygen atoms in total. The van der Waals surface area contributed by atoms with Crippen molar-refractivity contribution in [3.63, 3.8) is 0 Å². The van der Waals surface area contributed by atoms with Crippen molar-refractivity contribution in [2.45, 2.75) is 45.1 Å². The van der Waals surface area contributed by atoms with Crippen molar-refractivity contribution in [3.05, 3.63) is 29.3 Å². The summed E-state index contributed by atoms with van der Waals surface area (Å²) < 4.78 is 5.69. The van der Waals surface area contributed by atoms with Gasteiger partial charge in [0.25, 0.3) is 0 Å². The highest BCUT2D eigenvalue weighted by molar-refractivity contribution is 5.42.